The van der Waals surface area contributed by atoms with E-state index in [2.05, 4.69) is 10.4 Å². The van der Waals surface area contributed by atoms with E-state index in [1.54, 1.807) is 24.3 Å². The number of carboxylic acid groups (broad SMARTS) is 1. The van der Waals surface area contributed by atoms with Crippen molar-refractivity contribution in [2.75, 3.05) is 0 Å². The van der Waals surface area contributed by atoms with Crippen LogP contribution in [0.2, 0.25) is 10.0 Å². The number of benzene rings is 1. The van der Waals surface area contributed by atoms with Crippen LogP contribution in [0.15, 0.2) is 36.7 Å². The number of aliphatic carboxylic acids is 1. The van der Waals surface area contributed by atoms with Crippen molar-refractivity contribution in [3.05, 3.63) is 63.4 Å². The molecule has 1 aromatic carbocycles. The molecule has 4 N–H and O–H groups in total. The summed E-state index contributed by atoms with van der Waals surface area (Å²) in [4.78, 5) is 27.2. The van der Waals surface area contributed by atoms with Crippen molar-refractivity contribution in [1.29, 1.82) is 0 Å². The lowest BCUT2D eigenvalue weighted by Crippen LogP contribution is -2.42. The first-order valence-corrected chi connectivity index (χ1v) is 7.31. The molecule has 0 fully saturated rings. The van der Waals surface area contributed by atoms with Gasteiger partial charge in [0.05, 0.1) is 15.6 Å². The van der Waals surface area contributed by atoms with Crippen LogP contribution in [0.5, 0.6) is 0 Å². The number of nitrogens with two attached hydrogens (primary N) is 1. The van der Waals surface area contributed by atoms with Crippen molar-refractivity contribution in [2.45, 2.75) is 12.5 Å². The van der Waals surface area contributed by atoms with Crippen molar-refractivity contribution in [3.63, 3.8) is 0 Å². The number of halogens is 2. The molecule has 0 aliphatic carbocycles. The van der Waals surface area contributed by atoms with E-state index in [-0.39, 0.29) is 27.8 Å². The first kappa shape index (κ1) is 17.4. The lowest BCUT2D eigenvalue weighted by molar-refractivity contribution is -0.139. The summed E-state index contributed by atoms with van der Waals surface area (Å²) in [6.45, 7) is 0. The van der Waals surface area contributed by atoms with E-state index in [1.807, 2.05) is 0 Å². The highest BCUT2D eigenvalue weighted by atomic mass is 35.5. The van der Waals surface area contributed by atoms with Gasteiger partial charge in [0.15, 0.2) is 5.78 Å². The topological polar surface area (TPSA) is 105 Å². The summed E-state index contributed by atoms with van der Waals surface area (Å²) in [6.07, 6.45) is 2.88. The number of rotatable bonds is 6. The first-order chi connectivity index (χ1) is 10.9. The Balaban J connectivity index is 2.23. The molecule has 8 heteroatoms. The Labute approximate surface area is 142 Å². The first-order valence-electron chi connectivity index (χ1n) is 6.55. The van der Waals surface area contributed by atoms with Gasteiger partial charge in [-0.3, -0.25) is 20.4 Å². The maximum Gasteiger partial charge on any atom is 0.322 e. The second kappa shape index (κ2) is 7.52. The summed E-state index contributed by atoms with van der Waals surface area (Å²) in [6, 6.07) is 5.58. The second-order valence-corrected chi connectivity index (χ2v) is 5.58. The van der Waals surface area contributed by atoms with Crippen LogP contribution in [-0.2, 0) is 11.2 Å². The van der Waals surface area contributed by atoms with Crippen LogP contribution < -0.4 is 11.3 Å². The van der Waals surface area contributed by atoms with Crippen LogP contribution in [0.3, 0.4) is 0 Å². The summed E-state index contributed by atoms with van der Waals surface area (Å²) >= 11 is 11.9. The molecule has 1 heterocycles. The van der Waals surface area contributed by atoms with Crippen LogP contribution in [-0.4, -0.2) is 27.9 Å². The molecule has 0 spiro atoms. The fraction of sp³-hybridized carbons (Fsp3) is 0.133. The highest BCUT2D eigenvalue weighted by Gasteiger charge is 2.18. The molecule has 23 heavy (non-hydrogen) atoms. The number of nitrogens with one attached hydrogen (secondary N) is 1. The lowest BCUT2D eigenvalue weighted by atomic mass is 10.00. The molecule has 1 aromatic heterocycles. The summed E-state index contributed by atoms with van der Waals surface area (Å²) in [5.74, 6) is 3.80. The van der Waals surface area contributed by atoms with Gasteiger partial charge in [-0.05, 0) is 12.0 Å². The summed E-state index contributed by atoms with van der Waals surface area (Å²) in [5, 5.41) is 9.30. The molecule has 0 unspecified atom stereocenters. The molecule has 6 nitrogen and oxygen atoms in total. The quantitative estimate of drug-likeness (QED) is 0.417. The molecule has 0 aliphatic heterocycles. The average Bonchev–Trinajstić information content (AvgIpc) is 2.52. The molecule has 0 aliphatic rings. The summed E-state index contributed by atoms with van der Waals surface area (Å²) < 4.78 is 0. The van der Waals surface area contributed by atoms with Gasteiger partial charge in [0.1, 0.15) is 6.04 Å². The van der Waals surface area contributed by atoms with Gasteiger partial charge in [-0.1, -0.05) is 47.5 Å². The van der Waals surface area contributed by atoms with E-state index in [0.717, 1.165) is 5.56 Å². The standard InChI is InChI=1S/C15H13Cl2N3O3/c16-10-6-19-7-11(17)13(10)14(21)9-3-1-8(2-4-9)5-12(20-18)15(22)23/h1-4,6-7,12,20H,5,18H2,(H,22,23)/t12-/m0/s1. The fourth-order valence-electron chi connectivity index (χ4n) is 2.02. The van der Waals surface area contributed by atoms with Crippen LogP contribution >= 0.6 is 23.2 Å². The Morgan fingerprint density at radius 1 is 1.17 bits per heavy atom. The molecule has 2 rings (SSSR count). The van der Waals surface area contributed by atoms with Crippen molar-refractivity contribution < 1.29 is 14.7 Å². The minimum Gasteiger partial charge on any atom is -0.480 e. The number of pyridine rings is 1. The number of aromatic nitrogens is 1. The lowest BCUT2D eigenvalue weighted by Gasteiger charge is -2.11. The minimum absolute atomic E-state index is 0.171. The van der Waals surface area contributed by atoms with Gasteiger partial charge >= 0.3 is 5.97 Å². The minimum atomic E-state index is -1.05. The SMILES string of the molecule is NN[C@@H](Cc1ccc(C(=O)c2c(Cl)cncc2Cl)cc1)C(=O)O. The van der Waals surface area contributed by atoms with Gasteiger partial charge in [0.2, 0.25) is 0 Å². The third kappa shape index (κ3) is 4.05. The second-order valence-electron chi connectivity index (χ2n) is 4.77. The van der Waals surface area contributed by atoms with E-state index in [9.17, 15) is 9.59 Å². The number of hydrogen-bond donors (Lipinski definition) is 3. The molecule has 0 radical (unpaired) electrons. The van der Waals surface area contributed by atoms with E-state index >= 15 is 0 Å². The zero-order chi connectivity index (χ0) is 17.0. The molecule has 0 saturated carbocycles. The molecule has 120 valence electrons. The van der Waals surface area contributed by atoms with Crippen LogP contribution in [0, 0.1) is 0 Å². The number of carbonyl (C=O) groups is 2. The maximum absolute atomic E-state index is 12.5. The molecule has 0 saturated heterocycles. The molecular weight excluding hydrogens is 341 g/mol. The van der Waals surface area contributed by atoms with Crippen molar-refractivity contribution >= 4 is 35.0 Å². The van der Waals surface area contributed by atoms with Gasteiger partial charge in [0, 0.05) is 18.0 Å². The average molecular weight is 354 g/mol. The number of hydrazine groups is 1. The summed E-state index contributed by atoms with van der Waals surface area (Å²) in [7, 11) is 0. The Morgan fingerprint density at radius 3 is 2.22 bits per heavy atom. The van der Waals surface area contributed by atoms with Gasteiger partial charge in [-0.25, -0.2) is 5.43 Å². The largest absolute Gasteiger partial charge is 0.480 e. The van der Waals surface area contributed by atoms with Gasteiger partial charge in [-0.2, -0.15) is 0 Å². The van der Waals surface area contributed by atoms with Gasteiger partial charge < -0.3 is 5.11 Å². The third-order valence-electron chi connectivity index (χ3n) is 3.24. The maximum atomic E-state index is 12.5. The normalized spacial score (nSPS) is 12.0. The van der Waals surface area contributed by atoms with E-state index in [4.69, 9.17) is 34.2 Å². The molecular formula is C15H13Cl2N3O3. The highest BCUT2D eigenvalue weighted by molar-refractivity contribution is 6.40. The molecule has 0 bridgehead atoms. The Bertz CT molecular complexity index is 715. The monoisotopic (exact) mass is 353 g/mol. The molecule has 2 aromatic rings. The zero-order valence-electron chi connectivity index (χ0n) is 11.8. The predicted octanol–water partition coefficient (Wildman–Crippen LogP) is 2.08. The number of hydrogen-bond acceptors (Lipinski definition) is 5. The molecule has 0 amide bonds. The number of ketones is 1. The smallest absolute Gasteiger partial charge is 0.322 e. The van der Waals surface area contributed by atoms with Crippen LogP contribution in [0.1, 0.15) is 21.5 Å². The number of nitrogens with zero attached hydrogens (tertiary/aromatic N) is 1. The van der Waals surface area contributed by atoms with Crippen molar-refractivity contribution in [3.8, 4) is 0 Å². The Hall–Kier alpha value is -1.99. The van der Waals surface area contributed by atoms with Crippen molar-refractivity contribution in [1.82, 2.24) is 10.4 Å². The third-order valence-corrected chi connectivity index (χ3v) is 3.81. The van der Waals surface area contributed by atoms with Crippen LogP contribution in [0.25, 0.3) is 0 Å². The van der Waals surface area contributed by atoms with Gasteiger partial charge in [-0.15, -0.1) is 0 Å². The Kier molecular flexibility index (Phi) is 5.68. The molecule has 1 atom stereocenters. The fourth-order valence-corrected chi connectivity index (χ4v) is 2.55. The summed E-state index contributed by atoms with van der Waals surface area (Å²) in [5.41, 5.74) is 3.51. The van der Waals surface area contributed by atoms with Crippen molar-refractivity contribution in [2.24, 2.45) is 5.84 Å². The Morgan fingerprint density at radius 2 is 1.74 bits per heavy atom. The number of carbonyl (C=O) groups excluding carboxylic acids is 1. The van der Waals surface area contributed by atoms with E-state index in [0.29, 0.717) is 5.56 Å². The van der Waals surface area contributed by atoms with E-state index in [1.165, 1.54) is 12.4 Å². The highest BCUT2D eigenvalue weighted by Crippen LogP contribution is 2.25. The predicted molar refractivity (Wildman–Crippen MR) is 86.6 cm³/mol. The zero-order valence-corrected chi connectivity index (χ0v) is 13.3. The number of carboxylic acids is 1. The van der Waals surface area contributed by atoms with Crippen LogP contribution in [0.4, 0.5) is 0 Å². The van der Waals surface area contributed by atoms with Gasteiger partial charge in [0.25, 0.3) is 0 Å². The van der Waals surface area contributed by atoms with E-state index < -0.39 is 12.0 Å².